The molecule has 0 fully saturated rings. The SMILES string of the molecule is CC1(C)CC(n2ccccc2=O)c2cc(/C(=N/N)NN)ccc2O1. The van der Waals surface area contributed by atoms with Crippen LogP contribution in [0.25, 0.3) is 0 Å². The number of nitrogens with one attached hydrogen (secondary N) is 1. The first-order valence-electron chi connectivity index (χ1n) is 7.70. The maximum absolute atomic E-state index is 12.3. The summed E-state index contributed by atoms with van der Waals surface area (Å²) < 4.78 is 7.80. The van der Waals surface area contributed by atoms with E-state index in [1.54, 1.807) is 22.9 Å². The standard InChI is InChI=1S/C17H21N5O2/c1-17(2)10-13(22-8-4-3-5-15(22)23)12-9-11(16(20-18)21-19)6-7-14(12)24-17/h3-9,13H,10,18-19H2,1-2H3,(H,20,21). The third-order valence-corrected chi connectivity index (χ3v) is 4.17. The Labute approximate surface area is 139 Å². The van der Waals surface area contributed by atoms with E-state index in [9.17, 15) is 4.79 Å². The second kappa shape index (κ2) is 6.01. The summed E-state index contributed by atoms with van der Waals surface area (Å²) in [6.45, 7) is 4.03. The Balaban J connectivity index is 2.17. The van der Waals surface area contributed by atoms with Crippen molar-refractivity contribution in [1.82, 2.24) is 9.99 Å². The first-order valence-corrected chi connectivity index (χ1v) is 7.70. The number of amidine groups is 1. The number of aromatic nitrogens is 1. The third-order valence-electron chi connectivity index (χ3n) is 4.17. The average molecular weight is 327 g/mol. The van der Waals surface area contributed by atoms with Crippen molar-refractivity contribution in [2.75, 3.05) is 0 Å². The Morgan fingerprint density at radius 2 is 2.17 bits per heavy atom. The molecule has 126 valence electrons. The lowest BCUT2D eigenvalue weighted by atomic mass is 9.88. The van der Waals surface area contributed by atoms with E-state index in [0.29, 0.717) is 12.3 Å². The van der Waals surface area contributed by atoms with Gasteiger partial charge in [0.15, 0.2) is 5.84 Å². The number of fused-ring (bicyclic) bond motifs is 1. The maximum Gasteiger partial charge on any atom is 0.251 e. The van der Waals surface area contributed by atoms with E-state index in [2.05, 4.69) is 10.5 Å². The number of rotatable bonds is 2. The number of hydrogen-bond donors (Lipinski definition) is 3. The first-order chi connectivity index (χ1) is 11.4. The van der Waals surface area contributed by atoms with Gasteiger partial charge in [-0.15, -0.1) is 0 Å². The van der Waals surface area contributed by atoms with E-state index in [-0.39, 0.29) is 17.2 Å². The zero-order valence-electron chi connectivity index (χ0n) is 13.7. The van der Waals surface area contributed by atoms with Crippen LogP contribution in [-0.2, 0) is 0 Å². The molecule has 0 radical (unpaired) electrons. The highest BCUT2D eigenvalue weighted by Crippen LogP contribution is 2.41. The third kappa shape index (κ3) is 2.85. The molecule has 1 aliphatic heterocycles. The molecule has 0 saturated carbocycles. The van der Waals surface area contributed by atoms with Crippen molar-refractivity contribution in [2.45, 2.75) is 31.9 Å². The normalized spacial score (nSPS) is 19.3. The molecule has 1 atom stereocenters. The van der Waals surface area contributed by atoms with Crippen molar-refractivity contribution in [3.8, 4) is 5.75 Å². The van der Waals surface area contributed by atoms with Crippen LogP contribution < -0.4 is 27.4 Å². The lowest BCUT2D eigenvalue weighted by Gasteiger charge is -2.38. The van der Waals surface area contributed by atoms with Gasteiger partial charge in [0, 0.05) is 29.8 Å². The van der Waals surface area contributed by atoms with Gasteiger partial charge in [0.05, 0.1) is 6.04 Å². The molecule has 7 nitrogen and oxygen atoms in total. The summed E-state index contributed by atoms with van der Waals surface area (Å²) in [6.07, 6.45) is 2.46. The predicted molar refractivity (Wildman–Crippen MR) is 92.7 cm³/mol. The number of hydrazine groups is 1. The Hall–Kier alpha value is -2.80. The van der Waals surface area contributed by atoms with Crippen LogP contribution in [0.3, 0.4) is 0 Å². The number of hydrazone groups is 1. The van der Waals surface area contributed by atoms with Gasteiger partial charge in [-0.1, -0.05) is 6.07 Å². The van der Waals surface area contributed by atoms with Gasteiger partial charge in [-0.05, 0) is 38.1 Å². The molecule has 1 aromatic heterocycles. The number of nitrogens with two attached hydrogens (primary N) is 2. The van der Waals surface area contributed by atoms with E-state index in [1.165, 1.54) is 0 Å². The van der Waals surface area contributed by atoms with Gasteiger partial charge < -0.3 is 20.6 Å². The van der Waals surface area contributed by atoms with Gasteiger partial charge in [0.2, 0.25) is 0 Å². The molecule has 0 spiro atoms. The minimum absolute atomic E-state index is 0.0544. The summed E-state index contributed by atoms with van der Waals surface area (Å²) in [5.41, 5.74) is 3.67. The van der Waals surface area contributed by atoms with E-state index in [1.807, 2.05) is 38.1 Å². The van der Waals surface area contributed by atoms with Crippen molar-refractivity contribution >= 4 is 5.84 Å². The fraction of sp³-hybridized carbons (Fsp3) is 0.294. The van der Waals surface area contributed by atoms with Crippen LogP contribution in [0.2, 0.25) is 0 Å². The number of ether oxygens (including phenoxy) is 1. The number of pyridine rings is 1. The smallest absolute Gasteiger partial charge is 0.251 e. The van der Waals surface area contributed by atoms with Crippen LogP contribution in [-0.4, -0.2) is 16.0 Å². The van der Waals surface area contributed by atoms with Crippen LogP contribution in [0.1, 0.15) is 37.4 Å². The van der Waals surface area contributed by atoms with Crippen molar-refractivity contribution in [2.24, 2.45) is 16.8 Å². The van der Waals surface area contributed by atoms with Crippen LogP contribution in [0, 0.1) is 0 Å². The largest absolute Gasteiger partial charge is 0.487 e. The van der Waals surface area contributed by atoms with E-state index in [0.717, 1.165) is 16.9 Å². The lowest BCUT2D eigenvalue weighted by molar-refractivity contribution is 0.0664. The zero-order valence-corrected chi connectivity index (χ0v) is 13.7. The minimum Gasteiger partial charge on any atom is -0.487 e. The summed E-state index contributed by atoms with van der Waals surface area (Å²) in [5, 5.41) is 3.64. The van der Waals surface area contributed by atoms with Crippen molar-refractivity contribution in [3.63, 3.8) is 0 Å². The number of hydrogen-bond acceptors (Lipinski definition) is 5. The summed E-state index contributed by atoms with van der Waals surface area (Å²) >= 11 is 0. The molecule has 1 aliphatic rings. The molecule has 24 heavy (non-hydrogen) atoms. The van der Waals surface area contributed by atoms with E-state index in [4.69, 9.17) is 16.4 Å². The van der Waals surface area contributed by atoms with Crippen LogP contribution in [0.5, 0.6) is 5.75 Å². The molecule has 5 N–H and O–H groups in total. The predicted octanol–water partition coefficient (Wildman–Crippen LogP) is 1.08. The molecule has 2 aromatic rings. The zero-order chi connectivity index (χ0) is 17.3. The van der Waals surface area contributed by atoms with Crippen LogP contribution in [0.15, 0.2) is 52.5 Å². The Morgan fingerprint density at radius 3 is 2.83 bits per heavy atom. The van der Waals surface area contributed by atoms with Crippen molar-refractivity contribution < 1.29 is 4.74 Å². The fourth-order valence-corrected chi connectivity index (χ4v) is 3.10. The summed E-state index contributed by atoms with van der Waals surface area (Å²) in [6, 6.07) is 10.6. The highest BCUT2D eigenvalue weighted by atomic mass is 16.5. The molecule has 0 bridgehead atoms. The van der Waals surface area contributed by atoms with Gasteiger partial charge in [0.1, 0.15) is 11.4 Å². The molecule has 2 heterocycles. The molecule has 1 aromatic carbocycles. The average Bonchev–Trinajstić information content (AvgIpc) is 2.55. The second-order valence-electron chi connectivity index (χ2n) is 6.40. The molecule has 0 aliphatic carbocycles. The highest BCUT2D eigenvalue weighted by molar-refractivity contribution is 5.98. The molecular formula is C17H21N5O2. The Kier molecular flexibility index (Phi) is 4.02. The minimum atomic E-state index is -0.384. The number of benzene rings is 1. The van der Waals surface area contributed by atoms with Gasteiger partial charge in [-0.3, -0.25) is 4.79 Å². The van der Waals surface area contributed by atoms with Gasteiger partial charge in [-0.2, -0.15) is 5.10 Å². The van der Waals surface area contributed by atoms with Crippen LogP contribution >= 0.6 is 0 Å². The van der Waals surface area contributed by atoms with E-state index < -0.39 is 0 Å². The Bertz CT molecular complexity index is 841. The monoisotopic (exact) mass is 327 g/mol. The van der Waals surface area contributed by atoms with Crippen LogP contribution in [0.4, 0.5) is 0 Å². The summed E-state index contributed by atoms with van der Waals surface area (Å²) in [4.78, 5) is 12.3. The molecule has 3 rings (SSSR count). The molecule has 0 saturated heterocycles. The Morgan fingerprint density at radius 1 is 1.38 bits per heavy atom. The summed E-state index contributed by atoms with van der Waals surface area (Å²) in [5.74, 6) is 11.9. The highest BCUT2D eigenvalue weighted by Gasteiger charge is 2.35. The van der Waals surface area contributed by atoms with Gasteiger partial charge in [0.25, 0.3) is 5.56 Å². The van der Waals surface area contributed by atoms with Crippen molar-refractivity contribution in [1.29, 1.82) is 0 Å². The molecule has 0 amide bonds. The van der Waals surface area contributed by atoms with Gasteiger partial charge in [-0.25, -0.2) is 5.84 Å². The fourth-order valence-electron chi connectivity index (χ4n) is 3.10. The van der Waals surface area contributed by atoms with E-state index >= 15 is 0 Å². The first kappa shape index (κ1) is 16.1. The van der Waals surface area contributed by atoms with Crippen molar-refractivity contribution in [3.05, 3.63) is 64.1 Å². The van der Waals surface area contributed by atoms with Gasteiger partial charge >= 0.3 is 0 Å². The lowest BCUT2D eigenvalue weighted by Crippen LogP contribution is -2.39. The topological polar surface area (TPSA) is 108 Å². The number of nitrogens with zero attached hydrogens (tertiary/aromatic N) is 2. The maximum atomic E-state index is 12.3. The second-order valence-corrected chi connectivity index (χ2v) is 6.40. The molecule has 7 heteroatoms. The summed E-state index contributed by atoms with van der Waals surface area (Å²) in [7, 11) is 0. The quantitative estimate of drug-likeness (QED) is 0.331. The molecule has 1 unspecified atom stereocenters. The molecular weight excluding hydrogens is 306 g/mol.